The average molecular weight is 373 g/mol. The van der Waals surface area contributed by atoms with Gasteiger partial charge in [0.2, 0.25) is 0 Å². The molecule has 2 rings (SSSR count). The molecule has 2 aromatic carbocycles. The monoisotopic (exact) mass is 371 g/mol. The minimum Gasteiger partial charge on any atom is -0.487 e. The van der Waals surface area contributed by atoms with Gasteiger partial charge in [0.25, 0.3) is 0 Å². The molecule has 2 nitrogen and oxygen atoms in total. The molecule has 0 bridgehead atoms. The van der Waals surface area contributed by atoms with Crippen LogP contribution in [0.3, 0.4) is 0 Å². The molecule has 1 unspecified atom stereocenters. The SMILES string of the molecule is CC(N)Cc1ccc(OCc2cc(Br)ccc2F)c(Cl)c1. The summed E-state index contributed by atoms with van der Waals surface area (Å²) in [6.45, 7) is 2.06. The number of rotatable bonds is 5. The Morgan fingerprint density at radius 2 is 2.05 bits per heavy atom. The van der Waals surface area contributed by atoms with Crippen molar-refractivity contribution in [2.75, 3.05) is 0 Å². The summed E-state index contributed by atoms with van der Waals surface area (Å²) < 4.78 is 20.0. The number of ether oxygens (including phenoxy) is 1. The molecule has 0 fully saturated rings. The summed E-state index contributed by atoms with van der Waals surface area (Å²) in [7, 11) is 0. The van der Waals surface area contributed by atoms with Crippen molar-refractivity contribution in [2.45, 2.75) is 26.0 Å². The minimum absolute atomic E-state index is 0.0728. The Kier molecular flexibility index (Phi) is 5.62. The second-order valence-corrected chi connectivity index (χ2v) is 6.29. The molecule has 0 aliphatic rings. The van der Waals surface area contributed by atoms with Gasteiger partial charge in [-0.3, -0.25) is 0 Å². The zero-order valence-electron chi connectivity index (χ0n) is 11.6. The summed E-state index contributed by atoms with van der Waals surface area (Å²) in [5.74, 6) is 0.229. The van der Waals surface area contributed by atoms with E-state index in [9.17, 15) is 4.39 Å². The first-order valence-electron chi connectivity index (χ1n) is 6.56. The highest BCUT2D eigenvalue weighted by Gasteiger charge is 2.08. The molecule has 1 atom stereocenters. The van der Waals surface area contributed by atoms with Gasteiger partial charge in [-0.15, -0.1) is 0 Å². The Morgan fingerprint density at radius 3 is 2.71 bits per heavy atom. The van der Waals surface area contributed by atoms with Gasteiger partial charge in [0.1, 0.15) is 18.2 Å². The van der Waals surface area contributed by atoms with Crippen molar-refractivity contribution in [2.24, 2.45) is 5.73 Å². The Morgan fingerprint density at radius 1 is 1.29 bits per heavy atom. The van der Waals surface area contributed by atoms with Crippen LogP contribution in [0.5, 0.6) is 5.75 Å². The second-order valence-electron chi connectivity index (χ2n) is 4.97. The van der Waals surface area contributed by atoms with Gasteiger partial charge in [-0.25, -0.2) is 4.39 Å². The topological polar surface area (TPSA) is 35.2 Å². The van der Waals surface area contributed by atoms with Crippen molar-refractivity contribution in [1.82, 2.24) is 0 Å². The fourth-order valence-electron chi connectivity index (χ4n) is 1.97. The van der Waals surface area contributed by atoms with Crippen molar-refractivity contribution < 1.29 is 9.13 Å². The zero-order valence-corrected chi connectivity index (χ0v) is 13.9. The molecule has 5 heteroatoms. The van der Waals surface area contributed by atoms with Crippen LogP contribution in [0.2, 0.25) is 5.02 Å². The largest absolute Gasteiger partial charge is 0.487 e. The number of benzene rings is 2. The van der Waals surface area contributed by atoms with Gasteiger partial charge in [-0.2, -0.15) is 0 Å². The van der Waals surface area contributed by atoms with Crippen LogP contribution in [0, 0.1) is 5.82 Å². The number of nitrogens with two attached hydrogens (primary N) is 1. The standard InChI is InChI=1S/C16H16BrClFNO/c1-10(20)6-11-2-5-16(14(18)7-11)21-9-12-8-13(17)3-4-15(12)19/h2-5,7-8,10H,6,9,20H2,1H3. The lowest BCUT2D eigenvalue weighted by Crippen LogP contribution is -2.17. The van der Waals surface area contributed by atoms with Crippen LogP contribution >= 0.6 is 27.5 Å². The summed E-state index contributed by atoms with van der Waals surface area (Å²) >= 11 is 9.49. The molecule has 2 N–H and O–H groups in total. The Hall–Kier alpha value is -1.10. The maximum atomic E-state index is 13.6. The lowest BCUT2D eigenvalue weighted by Gasteiger charge is -2.11. The van der Waals surface area contributed by atoms with E-state index in [1.54, 1.807) is 18.2 Å². The van der Waals surface area contributed by atoms with Crippen LogP contribution in [0.4, 0.5) is 4.39 Å². The second kappa shape index (κ2) is 7.25. The van der Waals surface area contributed by atoms with Gasteiger partial charge in [0, 0.05) is 16.1 Å². The Labute approximate surface area is 137 Å². The molecule has 0 radical (unpaired) electrons. The summed E-state index contributed by atoms with van der Waals surface area (Å²) in [5, 5.41) is 0.503. The highest BCUT2D eigenvalue weighted by Crippen LogP contribution is 2.27. The number of hydrogen-bond donors (Lipinski definition) is 1. The number of halogens is 3. The lowest BCUT2D eigenvalue weighted by molar-refractivity contribution is 0.300. The van der Waals surface area contributed by atoms with Crippen molar-refractivity contribution in [3.63, 3.8) is 0 Å². The molecule has 0 saturated carbocycles. The van der Waals surface area contributed by atoms with E-state index in [1.165, 1.54) is 6.07 Å². The molecule has 21 heavy (non-hydrogen) atoms. The molecule has 0 spiro atoms. The fraction of sp³-hybridized carbons (Fsp3) is 0.250. The van der Waals surface area contributed by atoms with Gasteiger partial charge in [0.15, 0.2) is 0 Å². The summed E-state index contributed by atoms with van der Waals surface area (Å²) in [6, 6.07) is 10.3. The predicted molar refractivity (Wildman–Crippen MR) is 87.2 cm³/mol. The van der Waals surface area contributed by atoms with Crippen molar-refractivity contribution >= 4 is 27.5 Å². The van der Waals surface area contributed by atoms with Crippen LogP contribution in [0.1, 0.15) is 18.1 Å². The van der Waals surface area contributed by atoms with Gasteiger partial charge in [0.05, 0.1) is 5.02 Å². The lowest BCUT2D eigenvalue weighted by atomic mass is 10.1. The van der Waals surface area contributed by atoms with E-state index in [0.717, 1.165) is 16.5 Å². The maximum Gasteiger partial charge on any atom is 0.138 e. The fourth-order valence-corrected chi connectivity index (χ4v) is 2.64. The maximum absolute atomic E-state index is 13.6. The van der Waals surface area contributed by atoms with Crippen LogP contribution in [0.15, 0.2) is 40.9 Å². The van der Waals surface area contributed by atoms with Crippen LogP contribution in [0.25, 0.3) is 0 Å². The Balaban J connectivity index is 2.08. The summed E-state index contributed by atoms with van der Waals surface area (Å²) in [4.78, 5) is 0. The third kappa shape index (κ3) is 4.70. The first-order valence-corrected chi connectivity index (χ1v) is 7.73. The molecule has 0 aliphatic carbocycles. The van der Waals surface area contributed by atoms with Gasteiger partial charge in [-0.05, 0) is 49.2 Å². The van der Waals surface area contributed by atoms with Crippen molar-refractivity contribution in [1.29, 1.82) is 0 Å². The van der Waals surface area contributed by atoms with E-state index in [-0.39, 0.29) is 18.5 Å². The molecule has 0 aliphatic heterocycles. The Bertz CT molecular complexity index is 634. The third-order valence-electron chi connectivity index (χ3n) is 2.94. The quantitative estimate of drug-likeness (QED) is 0.825. The molecular weight excluding hydrogens is 357 g/mol. The summed E-state index contributed by atoms with van der Waals surface area (Å²) in [6.07, 6.45) is 0.750. The molecular formula is C16H16BrClFNO. The molecule has 0 saturated heterocycles. The zero-order chi connectivity index (χ0) is 15.4. The normalized spacial score (nSPS) is 12.2. The molecule has 112 valence electrons. The first kappa shape index (κ1) is 16.3. The van der Waals surface area contributed by atoms with E-state index >= 15 is 0 Å². The van der Waals surface area contributed by atoms with Gasteiger partial charge < -0.3 is 10.5 Å². The minimum atomic E-state index is -0.303. The van der Waals surface area contributed by atoms with E-state index < -0.39 is 0 Å². The highest BCUT2D eigenvalue weighted by atomic mass is 79.9. The predicted octanol–water partition coefficient (Wildman–Crippen LogP) is 4.71. The van der Waals surface area contributed by atoms with Crippen LogP contribution in [-0.2, 0) is 13.0 Å². The van der Waals surface area contributed by atoms with E-state index in [0.29, 0.717) is 16.3 Å². The molecule has 0 heterocycles. The van der Waals surface area contributed by atoms with Crippen LogP contribution in [-0.4, -0.2) is 6.04 Å². The van der Waals surface area contributed by atoms with Crippen LogP contribution < -0.4 is 10.5 Å². The van der Waals surface area contributed by atoms with E-state index in [4.69, 9.17) is 22.1 Å². The third-order valence-corrected chi connectivity index (χ3v) is 3.73. The highest BCUT2D eigenvalue weighted by molar-refractivity contribution is 9.10. The van der Waals surface area contributed by atoms with E-state index in [2.05, 4.69) is 15.9 Å². The number of hydrogen-bond acceptors (Lipinski definition) is 2. The van der Waals surface area contributed by atoms with Gasteiger partial charge >= 0.3 is 0 Å². The summed E-state index contributed by atoms with van der Waals surface area (Å²) in [5.41, 5.74) is 7.28. The van der Waals surface area contributed by atoms with E-state index in [1.807, 2.05) is 19.1 Å². The average Bonchev–Trinajstić information content (AvgIpc) is 2.41. The van der Waals surface area contributed by atoms with Crippen molar-refractivity contribution in [3.8, 4) is 5.75 Å². The van der Waals surface area contributed by atoms with Gasteiger partial charge in [-0.1, -0.05) is 33.6 Å². The van der Waals surface area contributed by atoms with Crippen molar-refractivity contribution in [3.05, 3.63) is 62.8 Å². The molecule has 0 amide bonds. The molecule has 2 aromatic rings. The molecule has 0 aromatic heterocycles. The first-order chi connectivity index (χ1) is 9.95. The smallest absolute Gasteiger partial charge is 0.138 e.